The molecule has 1 saturated heterocycles. The van der Waals surface area contributed by atoms with Crippen molar-refractivity contribution in [3.8, 4) is 0 Å². The highest BCUT2D eigenvalue weighted by Gasteiger charge is 2.28. The van der Waals surface area contributed by atoms with E-state index in [1.54, 1.807) is 30.4 Å². The van der Waals surface area contributed by atoms with E-state index in [9.17, 15) is 9.59 Å². The van der Waals surface area contributed by atoms with Crippen molar-refractivity contribution in [3.05, 3.63) is 34.3 Å². The lowest BCUT2D eigenvalue weighted by Gasteiger charge is -2.42. The smallest absolute Gasteiger partial charge is 0.322 e. The van der Waals surface area contributed by atoms with E-state index in [1.807, 2.05) is 6.08 Å². The van der Waals surface area contributed by atoms with E-state index >= 15 is 0 Å². The number of aliphatic imine (C=N–C) groups is 1. The lowest BCUT2D eigenvalue weighted by Crippen LogP contribution is -2.55. The number of allylic oxidation sites excluding steroid dienone is 1. The summed E-state index contributed by atoms with van der Waals surface area (Å²) in [7, 11) is 1.80. The molecule has 4 N–H and O–H groups in total. The summed E-state index contributed by atoms with van der Waals surface area (Å²) < 4.78 is 0. The maximum atomic E-state index is 12.6. The van der Waals surface area contributed by atoms with Gasteiger partial charge in [0.15, 0.2) is 6.29 Å². The van der Waals surface area contributed by atoms with Crippen molar-refractivity contribution in [2.75, 3.05) is 38.5 Å². The number of nitrogens with zero attached hydrogens (tertiary/aromatic N) is 3. The highest BCUT2D eigenvalue weighted by molar-refractivity contribution is 5.90. The molecule has 0 saturated carbocycles. The fourth-order valence-corrected chi connectivity index (χ4v) is 3.27. The molecule has 152 valence electrons. The number of hydrogen-bond donors (Lipinski definition) is 4. The van der Waals surface area contributed by atoms with Gasteiger partial charge in [-0.1, -0.05) is 0 Å². The van der Waals surface area contributed by atoms with Gasteiger partial charge >= 0.3 is 6.03 Å². The molecule has 1 aromatic heterocycles. The van der Waals surface area contributed by atoms with Crippen LogP contribution in [0, 0.1) is 0 Å². The molecule has 0 spiro atoms. The zero-order valence-electron chi connectivity index (χ0n) is 16.9. The molecule has 0 bridgehead atoms. The molecule has 1 atom stereocenters. The average molecular weight is 387 g/mol. The number of nitrogens with one attached hydrogen (secondary N) is 4. The van der Waals surface area contributed by atoms with Crippen molar-refractivity contribution in [2.24, 2.45) is 4.99 Å². The molecule has 1 aromatic rings. The first-order chi connectivity index (χ1) is 13.3. The van der Waals surface area contributed by atoms with Gasteiger partial charge in [-0.15, -0.1) is 0 Å². The number of carbonyl (C=O) groups is 1. The fraction of sp³-hybridized carbons (Fsp3) is 0.526. The second-order valence-corrected chi connectivity index (χ2v) is 7.92. The topological polar surface area (TPSA) is 105 Å². The Labute approximate surface area is 164 Å². The third kappa shape index (κ3) is 4.60. The van der Waals surface area contributed by atoms with Crippen molar-refractivity contribution in [1.29, 1.82) is 0 Å². The molecule has 1 unspecified atom stereocenters. The van der Waals surface area contributed by atoms with Gasteiger partial charge in [-0.05, 0) is 40.0 Å². The molecular formula is C19H29N7O2. The first-order valence-corrected chi connectivity index (χ1v) is 9.49. The van der Waals surface area contributed by atoms with Gasteiger partial charge in [0.05, 0.1) is 0 Å². The number of anilines is 1. The van der Waals surface area contributed by atoms with E-state index in [0.717, 1.165) is 24.4 Å². The molecule has 3 rings (SSSR count). The normalized spacial score (nSPS) is 20.5. The Morgan fingerprint density at radius 3 is 2.61 bits per heavy atom. The molecule has 1 fully saturated rings. The molecule has 2 aliphatic heterocycles. The molecule has 2 aliphatic rings. The predicted molar refractivity (Wildman–Crippen MR) is 111 cm³/mol. The van der Waals surface area contributed by atoms with E-state index in [4.69, 9.17) is 0 Å². The number of aromatic nitrogens is 1. The van der Waals surface area contributed by atoms with Crippen LogP contribution in [0.4, 0.5) is 10.5 Å². The van der Waals surface area contributed by atoms with Crippen molar-refractivity contribution in [2.45, 2.75) is 32.6 Å². The summed E-state index contributed by atoms with van der Waals surface area (Å²) in [6, 6.07) is 1.42. The van der Waals surface area contributed by atoms with E-state index in [2.05, 4.69) is 51.6 Å². The highest BCUT2D eigenvalue weighted by atomic mass is 16.2. The monoisotopic (exact) mass is 387 g/mol. The zero-order valence-corrected chi connectivity index (χ0v) is 16.9. The van der Waals surface area contributed by atoms with E-state index < -0.39 is 0 Å². The Bertz CT molecular complexity index is 829. The van der Waals surface area contributed by atoms with Crippen LogP contribution in [-0.4, -0.2) is 72.1 Å². The van der Waals surface area contributed by atoms with Crippen LogP contribution in [-0.2, 0) is 0 Å². The molecule has 0 aromatic carbocycles. The molecule has 3 heterocycles. The fourth-order valence-electron chi connectivity index (χ4n) is 3.27. The van der Waals surface area contributed by atoms with E-state index in [1.165, 1.54) is 0 Å². The Balaban J connectivity index is 1.68. The lowest BCUT2D eigenvalue weighted by atomic mass is 10.1. The molecule has 28 heavy (non-hydrogen) atoms. The van der Waals surface area contributed by atoms with Gasteiger partial charge in [0, 0.05) is 55.4 Å². The Morgan fingerprint density at radius 1 is 1.25 bits per heavy atom. The number of urea groups is 1. The summed E-state index contributed by atoms with van der Waals surface area (Å²) in [6.45, 7) is 9.41. The number of piperazine rings is 1. The summed E-state index contributed by atoms with van der Waals surface area (Å²) in [6.07, 6.45) is 4.90. The number of hydrogen-bond acceptors (Lipinski definition) is 6. The number of carbonyl (C=O) groups excluding carboxylic acids is 1. The summed E-state index contributed by atoms with van der Waals surface area (Å²) >= 11 is 0. The lowest BCUT2D eigenvalue weighted by molar-refractivity contribution is 0.0774. The van der Waals surface area contributed by atoms with Crippen LogP contribution in [0.5, 0.6) is 0 Å². The molecular weight excluding hydrogens is 358 g/mol. The highest BCUT2D eigenvalue weighted by Crippen LogP contribution is 2.18. The minimum atomic E-state index is -0.333. The molecule has 2 amide bonds. The first kappa shape index (κ1) is 20.1. The van der Waals surface area contributed by atoms with Crippen LogP contribution >= 0.6 is 0 Å². The molecule has 0 radical (unpaired) electrons. The summed E-state index contributed by atoms with van der Waals surface area (Å²) in [5, 5.41) is 8.98. The van der Waals surface area contributed by atoms with Gasteiger partial charge in [0.1, 0.15) is 5.69 Å². The minimum Gasteiger partial charge on any atom is -0.351 e. The third-order valence-corrected chi connectivity index (χ3v) is 5.01. The summed E-state index contributed by atoms with van der Waals surface area (Å²) in [5.41, 5.74) is 1.55. The standard InChI is InChI=1S/C19H29N7O2/c1-19(2,3)26-9-7-25(8-10-26)18(28)24-15-11-13(12-22-16(15)27)14-5-6-21-17(20-4)23-14/h5-6,11-12,17,20,23H,7-10H2,1-4H3,(H,22,27)(H,24,28). The van der Waals surface area contributed by atoms with Gasteiger partial charge in [-0.25, -0.2) is 4.79 Å². The Hall–Kier alpha value is -2.65. The Morgan fingerprint density at radius 2 is 1.96 bits per heavy atom. The van der Waals surface area contributed by atoms with Crippen molar-refractivity contribution >= 4 is 23.6 Å². The molecule has 0 aliphatic carbocycles. The summed E-state index contributed by atoms with van der Waals surface area (Å²) in [4.78, 5) is 35.9. The van der Waals surface area contributed by atoms with Crippen LogP contribution in [0.15, 0.2) is 28.1 Å². The van der Waals surface area contributed by atoms with Gasteiger partial charge in [0.2, 0.25) is 0 Å². The number of amides is 2. The summed E-state index contributed by atoms with van der Waals surface area (Å²) in [5.74, 6) is 0. The van der Waals surface area contributed by atoms with Gasteiger partial charge < -0.3 is 20.5 Å². The average Bonchev–Trinajstić information content (AvgIpc) is 2.69. The molecule has 9 nitrogen and oxygen atoms in total. The van der Waals surface area contributed by atoms with Crippen molar-refractivity contribution in [1.82, 2.24) is 25.4 Å². The van der Waals surface area contributed by atoms with E-state index in [-0.39, 0.29) is 29.1 Å². The first-order valence-electron chi connectivity index (χ1n) is 9.49. The van der Waals surface area contributed by atoms with Gasteiger partial charge in [0.25, 0.3) is 5.56 Å². The van der Waals surface area contributed by atoms with Gasteiger partial charge in [-0.3, -0.25) is 20.0 Å². The third-order valence-electron chi connectivity index (χ3n) is 5.01. The van der Waals surface area contributed by atoms with Crippen LogP contribution in [0.25, 0.3) is 5.70 Å². The minimum absolute atomic E-state index is 0.0866. The van der Waals surface area contributed by atoms with Crippen LogP contribution < -0.4 is 21.5 Å². The van der Waals surface area contributed by atoms with E-state index in [0.29, 0.717) is 13.1 Å². The van der Waals surface area contributed by atoms with Crippen LogP contribution in [0.1, 0.15) is 26.3 Å². The zero-order chi connectivity index (χ0) is 20.3. The quantitative estimate of drug-likeness (QED) is 0.615. The van der Waals surface area contributed by atoms with Crippen molar-refractivity contribution < 1.29 is 4.79 Å². The van der Waals surface area contributed by atoms with Crippen LogP contribution in [0.3, 0.4) is 0 Å². The number of rotatable bonds is 3. The SMILES string of the molecule is CNC1N=CC=C(c2c[nH]c(=O)c(NC(=O)N3CCN(C(C)(C)C)CC3)c2)N1. The van der Waals surface area contributed by atoms with Gasteiger partial charge in [-0.2, -0.15) is 0 Å². The van der Waals surface area contributed by atoms with Crippen LogP contribution in [0.2, 0.25) is 0 Å². The maximum absolute atomic E-state index is 12.6. The number of H-pyrrole nitrogens is 1. The van der Waals surface area contributed by atoms with Crippen molar-refractivity contribution in [3.63, 3.8) is 0 Å². The second kappa shape index (κ2) is 8.15. The molecule has 9 heteroatoms. The second-order valence-electron chi connectivity index (χ2n) is 7.92. The number of aromatic amines is 1. The Kier molecular flexibility index (Phi) is 5.85. The predicted octanol–water partition coefficient (Wildman–Crippen LogP) is 0.841. The largest absolute Gasteiger partial charge is 0.351 e. The maximum Gasteiger partial charge on any atom is 0.322 e. The number of pyridine rings is 1.